The molecule has 1 aliphatic heterocycles. The number of carbonyl (C=O) groups is 1. The third kappa shape index (κ3) is 3.96. The van der Waals surface area contributed by atoms with E-state index >= 15 is 0 Å². The van der Waals surface area contributed by atoms with Gasteiger partial charge < -0.3 is 24.8 Å². The molecular weight excluding hydrogens is 339 g/mol. The minimum atomic E-state index is -0.486. The first-order valence-corrected chi connectivity index (χ1v) is 8.54. The standard InChI is InChI=1S/C18H23FN4O3/c1-10-8-23(9-11(2)25-10)16-6-5-14(7-15(16)19)20-18(24)21-17-12(3)22-26-13(17)4/h5-7,10-11H,8-9H2,1-4H3,(H2,20,21,24)/t10-,11+. The maximum Gasteiger partial charge on any atom is 0.323 e. The Balaban J connectivity index is 1.68. The Hall–Kier alpha value is -2.61. The molecule has 2 heterocycles. The minimum absolute atomic E-state index is 0.0387. The van der Waals surface area contributed by atoms with E-state index in [1.54, 1.807) is 26.0 Å². The Morgan fingerprint density at radius 2 is 1.92 bits per heavy atom. The topological polar surface area (TPSA) is 79.6 Å². The highest BCUT2D eigenvalue weighted by Crippen LogP contribution is 2.26. The lowest BCUT2D eigenvalue weighted by molar-refractivity contribution is -0.00539. The van der Waals surface area contributed by atoms with Crippen molar-refractivity contribution in [3.8, 4) is 0 Å². The van der Waals surface area contributed by atoms with Crippen LogP contribution >= 0.6 is 0 Å². The van der Waals surface area contributed by atoms with E-state index in [4.69, 9.17) is 9.26 Å². The summed E-state index contributed by atoms with van der Waals surface area (Å²) in [6.07, 6.45) is 0.0774. The molecule has 2 N–H and O–H groups in total. The summed E-state index contributed by atoms with van der Waals surface area (Å²) in [4.78, 5) is 14.1. The van der Waals surface area contributed by atoms with Crippen LogP contribution in [0.1, 0.15) is 25.3 Å². The fourth-order valence-corrected chi connectivity index (χ4v) is 3.15. The number of rotatable bonds is 3. The molecule has 0 unspecified atom stereocenters. The summed E-state index contributed by atoms with van der Waals surface area (Å²) in [5.41, 5.74) is 1.96. The van der Waals surface area contributed by atoms with Gasteiger partial charge in [0.15, 0.2) is 5.76 Å². The number of carbonyl (C=O) groups excluding carboxylic acids is 1. The summed E-state index contributed by atoms with van der Waals surface area (Å²) in [6.45, 7) is 8.62. The molecule has 0 radical (unpaired) electrons. The van der Waals surface area contributed by atoms with Crippen molar-refractivity contribution in [2.24, 2.45) is 0 Å². The van der Waals surface area contributed by atoms with E-state index in [0.717, 1.165) is 0 Å². The number of amides is 2. The number of aromatic nitrogens is 1. The first-order chi connectivity index (χ1) is 12.3. The molecule has 1 aromatic heterocycles. The number of benzene rings is 1. The van der Waals surface area contributed by atoms with Gasteiger partial charge in [-0.2, -0.15) is 0 Å². The third-order valence-electron chi connectivity index (χ3n) is 4.24. The van der Waals surface area contributed by atoms with Gasteiger partial charge in [0, 0.05) is 18.8 Å². The lowest BCUT2D eigenvalue weighted by atomic mass is 10.2. The quantitative estimate of drug-likeness (QED) is 0.870. The van der Waals surface area contributed by atoms with Gasteiger partial charge in [0.05, 0.1) is 17.9 Å². The number of halogens is 1. The van der Waals surface area contributed by atoms with Gasteiger partial charge in [-0.25, -0.2) is 9.18 Å². The molecule has 1 fully saturated rings. The van der Waals surface area contributed by atoms with Crippen LogP contribution in [0.2, 0.25) is 0 Å². The summed E-state index contributed by atoms with van der Waals surface area (Å²) < 4.78 is 25.2. The number of nitrogens with one attached hydrogen (secondary N) is 2. The zero-order chi connectivity index (χ0) is 18.8. The largest absolute Gasteiger partial charge is 0.372 e. The highest BCUT2D eigenvalue weighted by Gasteiger charge is 2.24. The average molecular weight is 362 g/mol. The first kappa shape index (κ1) is 18.2. The van der Waals surface area contributed by atoms with Crippen LogP contribution in [-0.4, -0.2) is 36.5 Å². The van der Waals surface area contributed by atoms with Crippen molar-refractivity contribution in [3.63, 3.8) is 0 Å². The normalized spacial score (nSPS) is 20.1. The Morgan fingerprint density at radius 1 is 1.23 bits per heavy atom. The van der Waals surface area contributed by atoms with E-state index in [0.29, 0.717) is 41.6 Å². The molecule has 2 amide bonds. The Kier molecular flexibility index (Phi) is 5.13. The molecule has 2 aromatic rings. The van der Waals surface area contributed by atoms with Crippen molar-refractivity contribution in [2.75, 3.05) is 28.6 Å². The van der Waals surface area contributed by atoms with Crippen molar-refractivity contribution in [1.82, 2.24) is 5.16 Å². The predicted molar refractivity (Wildman–Crippen MR) is 97.2 cm³/mol. The predicted octanol–water partition coefficient (Wildman–Crippen LogP) is 3.69. The maximum absolute atomic E-state index is 14.6. The second-order valence-electron chi connectivity index (χ2n) is 6.61. The fourth-order valence-electron chi connectivity index (χ4n) is 3.15. The highest BCUT2D eigenvalue weighted by atomic mass is 19.1. The zero-order valence-electron chi connectivity index (χ0n) is 15.3. The molecule has 8 heteroatoms. The molecule has 0 saturated carbocycles. The summed E-state index contributed by atoms with van der Waals surface area (Å²) in [5.74, 6) is 0.121. The Bertz CT molecular complexity index is 778. The smallest absolute Gasteiger partial charge is 0.323 e. The average Bonchev–Trinajstić information content (AvgIpc) is 2.86. The molecule has 1 aliphatic rings. The second-order valence-corrected chi connectivity index (χ2v) is 6.61. The zero-order valence-corrected chi connectivity index (χ0v) is 15.3. The van der Waals surface area contributed by atoms with E-state index in [1.807, 2.05) is 18.7 Å². The maximum atomic E-state index is 14.6. The summed E-state index contributed by atoms with van der Waals surface area (Å²) in [5, 5.41) is 9.05. The monoisotopic (exact) mass is 362 g/mol. The van der Waals surface area contributed by atoms with Crippen LogP contribution in [0.15, 0.2) is 22.7 Å². The second kappa shape index (κ2) is 7.33. The lowest BCUT2D eigenvalue weighted by Gasteiger charge is -2.37. The lowest BCUT2D eigenvalue weighted by Crippen LogP contribution is -2.45. The number of nitrogens with zero attached hydrogens (tertiary/aromatic N) is 2. The van der Waals surface area contributed by atoms with Crippen LogP contribution in [0, 0.1) is 19.7 Å². The number of ether oxygens (including phenoxy) is 1. The van der Waals surface area contributed by atoms with Gasteiger partial charge in [0.1, 0.15) is 17.2 Å². The minimum Gasteiger partial charge on any atom is -0.372 e. The molecule has 0 spiro atoms. The van der Waals surface area contributed by atoms with E-state index in [9.17, 15) is 9.18 Å². The van der Waals surface area contributed by atoms with Crippen molar-refractivity contribution in [1.29, 1.82) is 0 Å². The molecule has 2 atom stereocenters. The molecule has 140 valence electrons. The fraction of sp³-hybridized carbons (Fsp3) is 0.444. The number of aryl methyl sites for hydroxylation is 2. The van der Waals surface area contributed by atoms with Gasteiger partial charge >= 0.3 is 6.03 Å². The van der Waals surface area contributed by atoms with Gasteiger partial charge in [-0.1, -0.05) is 5.16 Å². The van der Waals surface area contributed by atoms with E-state index in [2.05, 4.69) is 15.8 Å². The van der Waals surface area contributed by atoms with Crippen LogP contribution in [-0.2, 0) is 4.74 Å². The number of hydrogen-bond acceptors (Lipinski definition) is 5. The van der Waals surface area contributed by atoms with E-state index in [-0.39, 0.29) is 18.0 Å². The van der Waals surface area contributed by atoms with Gasteiger partial charge in [0.25, 0.3) is 0 Å². The van der Waals surface area contributed by atoms with Crippen LogP contribution in [0.5, 0.6) is 0 Å². The van der Waals surface area contributed by atoms with Gasteiger partial charge in [-0.3, -0.25) is 0 Å². The Morgan fingerprint density at radius 3 is 2.50 bits per heavy atom. The van der Waals surface area contributed by atoms with E-state index < -0.39 is 6.03 Å². The van der Waals surface area contributed by atoms with Crippen molar-refractivity contribution in [3.05, 3.63) is 35.5 Å². The van der Waals surface area contributed by atoms with Crippen LogP contribution in [0.4, 0.5) is 26.2 Å². The van der Waals surface area contributed by atoms with E-state index in [1.165, 1.54) is 6.07 Å². The van der Waals surface area contributed by atoms with Crippen LogP contribution in [0.3, 0.4) is 0 Å². The summed E-state index contributed by atoms with van der Waals surface area (Å²) in [6, 6.07) is 4.18. The number of anilines is 3. The molecule has 0 aliphatic carbocycles. The summed E-state index contributed by atoms with van der Waals surface area (Å²) >= 11 is 0. The molecule has 0 bridgehead atoms. The highest BCUT2D eigenvalue weighted by molar-refractivity contribution is 6.00. The molecular formula is C18H23FN4O3. The van der Waals surface area contributed by atoms with Gasteiger partial charge in [-0.05, 0) is 45.9 Å². The first-order valence-electron chi connectivity index (χ1n) is 8.54. The summed E-state index contributed by atoms with van der Waals surface area (Å²) in [7, 11) is 0. The third-order valence-corrected chi connectivity index (χ3v) is 4.24. The van der Waals surface area contributed by atoms with Crippen LogP contribution < -0.4 is 15.5 Å². The molecule has 3 rings (SSSR count). The van der Waals surface area contributed by atoms with Gasteiger partial charge in [-0.15, -0.1) is 0 Å². The molecule has 1 saturated heterocycles. The van der Waals surface area contributed by atoms with Crippen molar-refractivity contribution < 1.29 is 18.4 Å². The van der Waals surface area contributed by atoms with Gasteiger partial charge in [0.2, 0.25) is 0 Å². The number of hydrogen-bond donors (Lipinski definition) is 2. The number of morpholine rings is 1. The molecule has 1 aromatic carbocycles. The Labute approximate surface area is 151 Å². The van der Waals surface area contributed by atoms with Crippen molar-refractivity contribution >= 4 is 23.1 Å². The number of urea groups is 1. The van der Waals surface area contributed by atoms with Crippen molar-refractivity contribution in [2.45, 2.75) is 39.9 Å². The molecule has 7 nitrogen and oxygen atoms in total. The van der Waals surface area contributed by atoms with Crippen LogP contribution in [0.25, 0.3) is 0 Å². The SMILES string of the molecule is Cc1noc(C)c1NC(=O)Nc1ccc(N2C[C@@H](C)O[C@@H](C)C2)c(F)c1. The molecule has 26 heavy (non-hydrogen) atoms.